The molecule has 1 aromatic heterocycles. The van der Waals surface area contributed by atoms with Crippen LogP contribution in [-0.4, -0.2) is 43.5 Å². The molecule has 3 rings (SSSR count). The van der Waals surface area contributed by atoms with Crippen LogP contribution in [0.25, 0.3) is 6.08 Å². The number of hydrogen-bond acceptors (Lipinski definition) is 8. The van der Waals surface area contributed by atoms with Crippen LogP contribution in [0.3, 0.4) is 0 Å². The second-order valence-electron chi connectivity index (χ2n) is 5.76. The third-order valence-corrected chi connectivity index (χ3v) is 4.82. The molecule has 1 amide bonds. The van der Waals surface area contributed by atoms with E-state index in [0.717, 1.165) is 0 Å². The van der Waals surface area contributed by atoms with Crippen molar-refractivity contribution in [1.29, 1.82) is 0 Å². The molecule has 0 saturated heterocycles. The van der Waals surface area contributed by atoms with E-state index in [9.17, 15) is 9.59 Å². The van der Waals surface area contributed by atoms with Gasteiger partial charge in [0.05, 0.1) is 19.9 Å². The lowest BCUT2D eigenvalue weighted by Gasteiger charge is -2.14. The van der Waals surface area contributed by atoms with Gasteiger partial charge in [0.1, 0.15) is 11.5 Å². The molecular formula is C19H19N3O5S. The van der Waals surface area contributed by atoms with Gasteiger partial charge in [0.15, 0.2) is 10.8 Å². The first-order valence-corrected chi connectivity index (χ1v) is 9.32. The summed E-state index contributed by atoms with van der Waals surface area (Å²) in [6.07, 6.45) is 1.53. The Hall–Kier alpha value is -3.20. The third kappa shape index (κ3) is 4.04. The molecule has 2 heterocycles. The minimum Gasteiger partial charge on any atom is -0.497 e. The highest BCUT2D eigenvalue weighted by atomic mass is 32.1. The quantitative estimate of drug-likeness (QED) is 0.546. The summed E-state index contributed by atoms with van der Waals surface area (Å²) in [5, 5.41) is 2.32. The summed E-state index contributed by atoms with van der Waals surface area (Å²) in [4.78, 5) is 34.1. The number of ether oxygens (including phenoxy) is 3. The number of carbonyl (C=O) groups excluding carboxylic acids is 2. The van der Waals surface area contributed by atoms with Crippen molar-refractivity contribution >= 4 is 40.3 Å². The van der Waals surface area contributed by atoms with Gasteiger partial charge in [-0.2, -0.15) is 0 Å². The molecule has 0 N–H and O–H groups in total. The Morgan fingerprint density at radius 2 is 1.93 bits per heavy atom. The molecule has 9 heteroatoms. The average Bonchev–Trinajstić information content (AvgIpc) is 3.29. The van der Waals surface area contributed by atoms with Gasteiger partial charge in [-0.15, -0.1) is 11.3 Å². The third-order valence-electron chi connectivity index (χ3n) is 3.94. The first-order chi connectivity index (χ1) is 13.4. The van der Waals surface area contributed by atoms with Crippen molar-refractivity contribution in [3.8, 4) is 11.5 Å². The number of cyclic esters (lactones) is 1. The Kier molecular flexibility index (Phi) is 5.74. The molecular weight excluding hydrogens is 382 g/mol. The number of methoxy groups -OCH3 is 2. The van der Waals surface area contributed by atoms with Crippen molar-refractivity contribution < 1.29 is 23.8 Å². The number of benzene rings is 1. The van der Waals surface area contributed by atoms with E-state index in [1.165, 1.54) is 38.6 Å². The second-order valence-corrected chi connectivity index (χ2v) is 6.59. The first kappa shape index (κ1) is 19.6. The number of aliphatic imine (C=N–C) groups is 1. The molecule has 1 aliphatic heterocycles. The highest BCUT2D eigenvalue weighted by Gasteiger charge is 2.25. The van der Waals surface area contributed by atoms with Crippen LogP contribution in [0, 0.1) is 0 Å². The summed E-state index contributed by atoms with van der Waals surface area (Å²) in [5.41, 5.74) is 1.21. The largest absolute Gasteiger partial charge is 0.497 e. The summed E-state index contributed by atoms with van der Waals surface area (Å²) >= 11 is 1.32. The van der Waals surface area contributed by atoms with E-state index in [0.29, 0.717) is 34.4 Å². The van der Waals surface area contributed by atoms with Crippen LogP contribution in [0.5, 0.6) is 11.5 Å². The van der Waals surface area contributed by atoms with E-state index in [-0.39, 0.29) is 17.5 Å². The number of hydrogen-bond donors (Lipinski definition) is 0. The van der Waals surface area contributed by atoms with Gasteiger partial charge >= 0.3 is 5.97 Å². The summed E-state index contributed by atoms with van der Waals surface area (Å²) in [6, 6.07) is 5.11. The van der Waals surface area contributed by atoms with E-state index in [2.05, 4.69) is 9.98 Å². The number of anilines is 1. The van der Waals surface area contributed by atoms with Gasteiger partial charge in [0.25, 0.3) is 0 Å². The highest BCUT2D eigenvalue weighted by Crippen LogP contribution is 2.27. The van der Waals surface area contributed by atoms with Gasteiger partial charge < -0.3 is 14.2 Å². The molecule has 0 radical (unpaired) electrons. The SMILES string of the molecule is CCN(C(C)=O)c1nc(/C=C2\N=C(c3cc(OC)cc(OC)c3)OC2=O)cs1. The summed E-state index contributed by atoms with van der Waals surface area (Å²) in [7, 11) is 3.07. The zero-order valence-corrected chi connectivity index (χ0v) is 16.7. The predicted octanol–water partition coefficient (Wildman–Crippen LogP) is 2.88. The first-order valence-electron chi connectivity index (χ1n) is 8.44. The molecule has 0 fully saturated rings. The van der Waals surface area contributed by atoms with Crippen molar-refractivity contribution in [1.82, 2.24) is 4.98 Å². The van der Waals surface area contributed by atoms with Crippen LogP contribution < -0.4 is 14.4 Å². The zero-order chi connectivity index (χ0) is 20.3. The van der Waals surface area contributed by atoms with E-state index in [1.54, 1.807) is 28.5 Å². The Morgan fingerprint density at radius 3 is 2.50 bits per heavy atom. The van der Waals surface area contributed by atoms with Gasteiger partial charge in [0, 0.05) is 30.5 Å². The normalized spacial score (nSPS) is 14.6. The van der Waals surface area contributed by atoms with E-state index < -0.39 is 5.97 Å². The van der Waals surface area contributed by atoms with Gasteiger partial charge in [-0.3, -0.25) is 9.69 Å². The average molecular weight is 401 g/mol. The van der Waals surface area contributed by atoms with Crippen LogP contribution in [0.2, 0.25) is 0 Å². The molecule has 8 nitrogen and oxygen atoms in total. The summed E-state index contributed by atoms with van der Waals surface area (Å²) < 4.78 is 15.7. The van der Waals surface area contributed by atoms with Crippen molar-refractivity contribution in [2.75, 3.05) is 25.7 Å². The molecule has 0 unspecified atom stereocenters. The zero-order valence-electron chi connectivity index (χ0n) is 15.9. The maximum atomic E-state index is 12.2. The van der Waals surface area contributed by atoms with Gasteiger partial charge in [0.2, 0.25) is 11.8 Å². The number of esters is 1. The Bertz CT molecular complexity index is 957. The summed E-state index contributed by atoms with van der Waals surface area (Å²) in [6.45, 7) is 3.87. The molecule has 1 aliphatic rings. The van der Waals surface area contributed by atoms with Crippen molar-refractivity contribution in [2.45, 2.75) is 13.8 Å². The van der Waals surface area contributed by atoms with Crippen LogP contribution in [0.15, 0.2) is 34.3 Å². The van der Waals surface area contributed by atoms with E-state index in [4.69, 9.17) is 14.2 Å². The van der Waals surface area contributed by atoms with Gasteiger partial charge in [-0.05, 0) is 25.1 Å². The standard InChI is InChI=1S/C19H19N3O5S/c1-5-22(11(2)23)19-20-13(10-28-19)8-16-18(24)27-17(21-16)12-6-14(25-3)9-15(7-12)26-4/h6-10H,5H2,1-4H3/b16-8-. The lowest BCUT2D eigenvalue weighted by atomic mass is 10.2. The molecule has 0 atom stereocenters. The van der Waals surface area contributed by atoms with E-state index >= 15 is 0 Å². The number of amides is 1. The maximum absolute atomic E-state index is 12.2. The van der Waals surface area contributed by atoms with Crippen LogP contribution >= 0.6 is 11.3 Å². The number of carbonyl (C=O) groups is 2. The molecule has 28 heavy (non-hydrogen) atoms. The topological polar surface area (TPSA) is 90.3 Å². The number of rotatable bonds is 6. The Labute approximate surface area is 166 Å². The maximum Gasteiger partial charge on any atom is 0.363 e. The number of thiazole rings is 1. The van der Waals surface area contributed by atoms with Crippen molar-refractivity contribution in [3.05, 3.63) is 40.5 Å². The van der Waals surface area contributed by atoms with Crippen molar-refractivity contribution in [2.24, 2.45) is 4.99 Å². The second kappa shape index (κ2) is 8.22. The number of aromatic nitrogens is 1. The molecule has 0 aliphatic carbocycles. The molecule has 0 saturated carbocycles. The fraction of sp³-hybridized carbons (Fsp3) is 0.263. The smallest absolute Gasteiger partial charge is 0.363 e. The fourth-order valence-electron chi connectivity index (χ4n) is 2.56. The minimum atomic E-state index is -0.578. The Morgan fingerprint density at radius 1 is 1.25 bits per heavy atom. The molecule has 1 aromatic carbocycles. The van der Waals surface area contributed by atoms with Crippen LogP contribution in [0.1, 0.15) is 25.1 Å². The fourth-order valence-corrected chi connectivity index (χ4v) is 3.45. The van der Waals surface area contributed by atoms with Gasteiger partial charge in [-0.1, -0.05) is 0 Å². The summed E-state index contributed by atoms with van der Waals surface area (Å²) in [5.74, 6) is 0.591. The van der Waals surface area contributed by atoms with E-state index in [1.807, 2.05) is 6.92 Å². The lowest BCUT2D eigenvalue weighted by Crippen LogP contribution is -2.27. The van der Waals surface area contributed by atoms with Gasteiger partial charge in [-0.25, -0.2) is 14.8 Å². The lowest BCUT2D eigenvalue weighted by molar-refractivity contribution is -0.130. The molecule has 2 aromatic rings. The number of nitrogens with zero attached hydrogens (tertiary/aromatic N) is 3. The van der Waals surface area contributed by atoms with Crippen LogP contribution in [0.4, 0.5) is 5.13 Å². The molecule has 0 spiro atoms. The predicted molar refractivity (Wildman–Crippen MR) is 106 cm³/mol. The minimum absolute atomic E-state index is 0.0939. The molecule has 0 bridgehead atoms. The monoisotopic (exact) mass is 401 g/mol. The van der Waals surface area contributed by atoms with Crippen molar-refractivity contribution in [3.63, 3.8) is 0 Å². The highest BCUT2D eigenvalue weighted by molar-refractivity contribution is 7.14. The Balaban J connectivity index is 1.90. The molecule has 146 valence electrons. The van der Waals surface area contributed by atoms with Crippen LogP contribution in [-0.2, 0) is 14.3 Å².